The molecule has 1 aromatic rings. The lowest BCUT2D eigenvalue weighted by Gasteiger charge is -2.11. The van der Waals surface area contributed by atoms with E-state index in [0.29, 0.717) is 16.9 Å². The number of aromatic nitrogens is 2. The van der Waals surface area contributed by atoms with Crippen molar-refractivity contribution in [3.63, 3.8) is 0 Å². The van der Waals surface area contributed by atoms with Crippen LogP contribution in [0.15, 0.2) is 10.7 Å². The molecule has 14 heavy (non-hydrogen) atoms. The molecule has 0 fully saturated rings. The van der Waals surface area contributed by atoms with Crippen LogP contribution in [-0.2, 0) is 4.79 Å². The van der Waals surface area contributed by atoms with Crippen molar-refractivity contribution in [1.82, 2.24) is 15.5 Å². The predicted octanol–water partition coefficient (Wildman–Crippen LogP) is 1.63. The molecule has 0 saturated heterocycles. The number of nitrogens with zero attached hydrogens (tertiary/aromatic N) is 1. The maximum Gasteiger partial charge on any atom is 0.228 e. The first-order valence-electron chi connectivity index (χ1n) is 4.17. The van der Waals surface area contributed by atoms with Gasteiger partial charge in [-0.1, -0.05) is 0 Å². The lowest BCUT2D eigenvalue weighted by Crippen LogP contribution is -2.26. The second-order valence-electron chi connectivity index (χ2n) is 2.79. The van der Waals surface area contributed by atoms with E-state index in [1.807, 2.05) is 0 Å². The van der Waals surface area contributed by atoms with Gasteiger partial charge in [0.05, 0.1) is 5.92 Å². The van der Waals surface area contributed by atoms with Gasteiger partial charge in [-0.3, -0.25) is 9.89 Å². The van der Waals surface area contributed by atoms with Crippen LogP contribution in [0.4, 0.5) is 0 Å². The quantitative estimate of drug-likeness (QED) is 0.824. The summed E-state index contributed by atoms with van der Waals surface area (Å²) in [5.74, 6) is 0.132. The Morgan fingerprint density at radius 2 is 2.57 bits per heavy atom. The van der Waals surface area contributed by atoms with Gasteiger partial charge in [0.25, 0.3) is 0 Å². The van der Waals surface area contributed by atoms with Crippen molar-refractivity contribution in [2.24, 2.45) is 0 Å². The zero-order chi connectivity index (χ0) is 10.6. The summed E-state index contributed by atoms with van der Waals surface area (Å²) in [5, 5.41) is 9.29. The fourth-order valence-electron chi connectivity index (χ4n) is 1.20. The second kappa shape index (κ2) is 5.36. The van der Waals surface area contributed by atoms with Crippen LogP contribution in [-0.4, -0.2) is 29.0 Å². The molecule has 1 aromatic heterocycles. The van der Waals surface area contributed by atoms with Crippen molar-refractivity contribution in [3.8, 4) is 0 Å². The van der Waals surface area contributed by atoms with E-state index in [1.165, 1.54) is 0 Å². The highest BCUT2D eigenvalue weighted by molar-refractivity contribution is 9.10. The number of amides is 1. The highest BCUT2D eigenvalue weighted by atomic mass is 79.9. The topological polar surface area (TPSA) is 57.8 Å². The molecule has 0 aromatic carbocycles. The summed E-state index contributed by atoms with van der Waals surface area (Å²) in [4.78, 5) is 11.5. The lowest BCUT2D eigenvalue weighted by molar-refractivity contribution is -0.122. The van der Waals surface area contributed by atoms with Crippen LogP contribution in [0.2, 0.25) is 0 Å². The Labute approximate surface area is 95.5 Å². The highest BCUT2D eigenvalue weighted by Gasteiger charge is 2.20. The molecule has 6 heteroatoms. The molecule has 4 nitrogen and oxygen atoms in total. The van der Waals surface area contributed by atoms with Gasteiger partial charge in [0.2, 0.25) is 5.91 Å². The third kappa shape index (κ3) is 2.72. The number of carbonyl (C=O) groups excluding carboxylic acids is 1. The maximum atomic E-state index is 11.5. The zero-order valence-electron chi connectivity index (χ0n) is 7.68. The number of carbonyl (C=O) groups is 1. The van der Waals surface area contributed by atoms with Gasteiger partial charge < -0.3 is 5.32 Å². The van der Waals surface area contributed by atoms with Gasteiger partial charge in [-0.25, -0.2) is 0 Å². The molecule has 0 saturated carbocycles. The summed E-state index contributed by atoms with van der Waals surface area (Å²) in [6.45, 7) is 0. The lowest BCUT2D eigenvalue weighted by atomic mass is 10.0. The number of nitrogens with one attached hydrogen (secondary N) is 2. The second-order valence-corrected chi connectivity index (χ2v) is 3.98. The van der Waals surface area contributed by atoms with E-state index in [2.05, 4.69) is 31.4 Å². The number of alkyl halides is 1. The third-order valence-corrected chi connectivity index (χ3v) is 2.53. The summed E-state index contributed by atoms with van der Waals surface area (Å²) in [6, 6.07) is 1.78. The van der Waals surface area contributed by atoms with Gasteiger partial charge in [-0.05, 0) is 28.4 Å². The van der Waals surface area contributed by atoms with Crippen LogP contribution in [0, 0.1) is 0 Å². The monoisotopic (exact) mass is 279 g/mol. The molecule has 0 aliphatic heterocycles. The van der Waals surface area contributed by atoms with E-state index in [9.17, 15) is 4.79 Å². The zero-order valence-corrected chi connectivity index (χ0v) is 10.0. The smallest absolute Gasteiger partial charge is 0.228 e. The number of H-pyrrole nitrogens is 1. The number of rotatable bonds is 4. The number of halogens is 2. The van der Waals surface area contributed by atoms with E-state index in [4.69, 9.17) is 11.6 Å². The Bertz CT molecular complexity index is 315. The van der Waals surface area contributed by atoms with Gasteiger partial charge in [-0.15, -0.1) is 11.6 Å². The van der Waals surface area contributed by atoms with Crippen molar-refractivity contribution < 1.29 is 4.79 Å². The molecule has 2 N–H and O–H groups in total. The first kappa shape index (κ1) is 11.5. The van der Waals surface area contributed by atoms with Crippen molar-refractivity contribution in [2.45, 2.75) is 12.3 Å². The third-order valence-electron chi connectivity index (χ3n) is 1.90. The van der Waals surface area contributed by atoms with Gasteiger partial charge in [-0.2, -0.15) is 5.10 Å². The number of hydrogen-bond donors (Lipinski definition) is 2. The van der Waals surface area contributed by atoms with E-state index in [-0.39, 0.29) is 11.8 Å². The molecule has 0 aliphatic rings. The molecule has 1 amide bonds. The van der Waals surface area contributed by atoms with Crippen LogP contribution in [0.25, 0.3) is 0 Å². The standard InChI is InChI=1S/C8H11BrClN3O/c1-11-8(14)5(2-3-10)6-4-7(9)13-12-6/h4-5H,2-3H2,1H3,(H,11,14)(H,12,13). The van der Waals surface area contributed by atoms with E-state index in [1.54, 1.807) is 13.1 Å². The first-order valence-corrected chi connectivity index (χ1v) is 5.50. The average molecular weight is 281 g/mol. The van der Waals surface area contributed by atoms with E-state index in [0.717, 1.165) is 5.69 Å². The van der Waals surface area contributed by atoms with Gasteiger partial charge in [0.1, 0.15) is 4.60 Å². The fourth-order valence-corrected chi connectivity index (χ4v) is 1.75. The fraction of sp³-hybridized carbons (Fsp3) is 0.500. The minimum Gasteiger partial charge on any atom is -0.359 e. The largest absolute Gasteiger partial charge is 0.359 e. The first-order chi connectivity index (χ1) is 6.69. The highest BCUT2D eigenvalue weighted by Crippen LogP contribution is 2.20. The van der Waals surface area contributed by atoms with Crippen LogP contribution in [0.5, 0.6) is 0 Å². The molecule has 78 valence electrons. The van der Waals surface area contributed by atoms with Crippen molar-refractivity contribution in [3.05, 3.63) is 16.4 Å². The Hall–Kier alpha value is -0.550. The summed E-state index contributed by atoms with van der Waals surface area (Å²) in [7, 11) is 1.61. The molecule has 1 heterocycles. The Balaban J connectivity index is 2.82. The molecule has 0 radical (unpaired) electrons. The summed E-state index contributed by atoms with van der Waals surface area (Å²) < 4.78 is 0.691. The summed E-state index contributed by atoms with van der Waals surface area (Å²) >= 11 is 8.84. The van der Waals surface area contributed by atoms with Crippen LogP contribution >= 0.6 is 27.5 Å². The van der Waals surface area contributed by atoms with Gasteiger partial charge >= 0.3 is 0 Å². The van der Waals surface area contributed by atoms with Crippen LogP contribution < -0.4 is 5.32 Å². The predicted molar refractivity (Wildman–Crippen MR) is 58.4 cm³/mol. The molecule has 0 aliphatic carbocycles. The Morgan fingerprint density at radius 1 is 1.86 bits per heavy atom. The van der Waals surface area contributed by atoms with Crippen molar-refractivity contribution >= 4 is 33.4 Å². The Kier molecular flexibility index (Phi) is 4.41. The molecule has 1 unspecified atom stereocenters. The van der Waals surface area contributed by atoms with Crippen molar-refractivity contribution in [1.29, 1.82) is 0 Å². The minimum absolute atomic E-state index is 0.0539. The van der Waals surface area contributed by atoms with Crippen LogP contribution in [0.1, 0.15) is 18.0 Å². The maximum absolute atomic E-state index is 11.5. The molecule has 1 atom stereocenters. The normalized spacial score (nSPS) is 12.5. The molecule has 0 spiro atoms. The SMILES string of the molecule is CNC(=O)C(CCCl)c1cc(Br)n[nH]1. The minimum atomic E-state index is -0.253. The van der Waals surface area contributed by atoms with Crippen LogP contribution in [0.3, 0.4) is 0 Å². The van der Waals surface area contributed by atoms with E-state index >= 15 is 0 Å². The molecule has 1 rings (SSSR count). The van der Waals surface area contributed by atoms with Gasteiger partial charge in [0, 0.05) is 18.6 Å². The summed E-state index contributed by atoms with van der Waals surface area (Å²) in [5.41, 5.74) is 0.775. The number of aromatic amines is 1. The molecular formula is C8H11BrClN3O. The number of likely N-dealkylation sites (N-methyl/N-ethyl adjacent to an activating group) is 1. The van der Waals surface area contributed by atoms with Crippen molar-refractivity contribution in [2.75, 3.05) is 12.9 Å². The molecular weight excluding hydrogens is 269 g/mol. The Morgan fingerprint density at radius 3 is 3.00 bits per heavy atom. The van der Waals surface area contributed by atoms with E-state index < -0.39 is 0 Å². The average Bonchev–Trinajstić information content (AvgIpc) is 2.60. The molecule has 0 bridgehead atoms. The summed E-state index contributed by atoms with van der Waals surface area (Å²) in [6.07, 6.45) is 0.593. The van der Waals surface area contributed by atoms with Gasteiger partial charge in [0.15, 0.2) is 0 Å². The number of hydrogen-bond acceptors (Lipinski definition) is 2.